The van der Waals surface area contributed by atoms with Crippen molar-refractivity contribution in [3.05, 3.63) is 83.9 Å². The van der Waals surface area contributed by atoms with Crippen molar-refractivity contribution in [2.75, 3.05) is 12.0 Å². The highest BCUT2D eigenvalue weighted by atomic mass is 16.5. The van der Waals surface area contributed by atoms with Crippen LogP contribution in [0.15, 0.2) is 72.8 Å². The van der Waals surface area contributed by atoms with E-state index in [1.807, 2.05) is 66.7 Å². The zero-order chi connectivity index (χ0) is 20.4. The van der Waals surface area contributed by atoms with Crippen molar-refractivity contribution < 1.29 is 19.4 Å². The van der Waals surface area contributed by atoms with E-state index in [0.29, 0.717) is 12.1 Å². The molecule has 0 saturated carbocycles. The number of nitrogens with zero attached hydrogens (tertiary/aromatic N) is 1. The van der Waals surface area contributed by atoms with E-state index in [4.69, 9.17) is 4.74 Å². The topological polar surface area (TPSA) is 78.9 Å². The fourth-order valence-electron chi connectivity index (χ4n) is 3.68. The maximum Gasteiger partial charge on any atom is 0.405 e. The summed E-state index contributed by atoms with van der Waals surface area (Å²) in [4.78, 5) is 26.6. The predicted octanol–water partition coefficient (Wildman–Crippen LogP) is 4.22. The summed E-state index contributed by atoms with van der Waals surface area (Å²) in [5.41, 5.74) is 4.03. The molecule has 1 atom stereocenters. The molecule has 0 aromatic heterocycles. The Labute approximate surface area is 168 Å². The van der Waals surface area contributed by atoms with Gasteiger partial charge >= 0.3 is 6.09 Å². The van der Waals surface area contributed by atoms with Crippen LogP contribution in [0.25, 0.3) is 11.1 Å². The average Bonchev–Trinajstić information content (AvgIpc) is 2.84. The van der Waals surface area contributed by atoms with E-state index >= 15 is 0 Å². The fraction of sp³-hybridized carbons (Fsp3) is 0.130. The largest absolute Gasteiger partial charge is 0.497 e. The third-order valence-electron chi connectivity index (χ3n) is 5.04. The van der Waals surface area contributed by atoms with Crippen LogP contribution in [0.2, 0.25) is 0 Å². The van der Waals surface area contributed by atoms with Gasteiger partial charge in [-0.3, -0.25) is 4.79 Å². The van der Waals surface area contributed by atoms with Gasteiger partial charge in [0, 0.05) is 5.56 Å². The monoisotopic (exact) mass is 388 g/mol. The van der Waals surface area contributed by atoms with Crippen LogP contribution in [0.1, 0.15) is 17.2 Å². The van der Waals surface area contributed by atoms with Crippen LogP contribution in [-0.4, -0.2) is 24.2 Å². The number of hydrogen-bond donors (Lipinski definition) is 2. The van der Waals surface area contributed by atoms with E-state index in [0.717, 1.165) is 28.1 Å². The summed E-state index contributed by atoms with van der Waals surface area (Å²) in [5.74, 6) is 0.412. The number of amides is 2. The van der Waals surface area contributed by atoms with Crippen LogP contribution in [0.3, 0.4) is 0 Å². The lowest BCUT2D eigenvalue weighted by atomic mass is 9.95. The number of carbonyl (C=O) groups is 2. The highest BCUT2D eigenvalue weighted by Crippen LogP contribution is 2.40. The molecule has 0 bridgehead atoms. The summed E-state index contributed by atoms with van der Waals surface area (Å²) in [5, 5.41) is 11.8. The van der Waals surface area contributed by atoms with E-state index in [-0.39, 0.29) is 5.91 Å². The lowest BCUT2D eigenvalue weighted by Gasteiger charge is -2.26. The molecule has 6 nitrogen and oxygen atoms in total. The third-order valence-corrected chi connectivity index (χ3v) is 5.04. The Hall–Kier alpha value is -3.80. The van der Waals surface area contributed by atoms with Gasteiger partial charge in [-0.2, -0.15) is 0 Å². The van der Waals surface area contributed by atoms with E-state index in [9.17, 15) is 14.7 Å². The van der Waals surface area contributed by atoms with Crippen molar-refractivity contribution >= 4 is 17.7 Å². The van der Waals surface area contributed by atoms with Gasteiger partial charge in [0.15, 0.2) is 0 Å². The summed E-state index contributed by atoms with van der Waals surface area (Å²) in [6.45, 7) is 0.311. The number of methoxy groups -OCH3 is 1. The number of carbonyl (C=O) groups excluding carboxylic acids is 1. The van der Waals surface area contributed by atoms with Crippen molar-refractivity contribution in [2.24, 2.45) is 0 Å². The van der Waals surface area contributed by atoms with Crippen LogP contribution < -0.4 is 15.0 Å². The Kier molecular flexibility index (Phi) is 4.91. The van der Waals surface area contributed by atoms with Gasteiger partial charge in [-0.05, 0) is 34.9 Å². The zero-order valence-corrected chi connectivity index (χ0v) is 15.8. The minimum atomic E-state index is -1.24. The van der Waals surface area contributed by atoms with E-state index in [2.05, 4.69) is 5.32 Å². The van der Waals surface area contributed by atoms with Crippen molar-refractivity contribution in [1.29, 1.82) is 0 Å². The molecule has 1 aliphatic rings. The Morgan fingerprint density at radius 2 is 1.66 bits per heavy atom. The quantitative estimate of drug-likeness (QED) is 0.701. The first-order valence-electron chi connectivity index (χ1n) is 9.20. The molecule has 0 spiro atoms. The van der Waals surface area contributed by atoms with E-state index in [1.54, 1.807) is 18.1 Å². The molecule has 2 N–H and O–H groups in total. The Morgan fingerprint density at radius 1 is 1.00 bits per heavy atom. The predicted molar refractivity (Wildman–Crippen MR) is 110 cm³/mol. The van der Waals surface area contributed by atoms with Crippen LogP contribution in [0, 0.1) is 0 Å². The molecular formula is C23H20N2O4. The molecule has 1 aliphatic heterocycles. The molecule has 3 aromatic carbocycles. The number of hydrogen-bond acceptors (Lipinski definition) is 3. The van der Waals surface area contributed by atoms with Gasteiger partial charge in [-0.1, -0.05) is 54.6 Å². The number of carboxylic acid groups (broad SMARTS) is 1. The SMILES string of the molecule is COc1ccc(CN2C(=O)[C@H](NC(=O)O)c3ccccc3-c3ccccc32)cc1. The number of nitrogens with one attached hydrogen (secondary N) is 1. The van der Waals surface area contributed by atoms with Crippen molar-refractivity contribution in [3.63, 3.8) is 0 Å². The molecule has 4 rings (SSSR count). The Balaban J connectivity index is 1.84. The molecule has 29 heavy (non-hydrogen) atoms. The summed E-state index contributed by atoms with van der Waals surface area (Å²) in [6.07, 6.45) is -1.24. The number of para-hydroxylation sites is 1. The molecule has 0 unspecified atom stereocenters. The first-order valence-corrected chi connectivity index (χ1v) is 9.20. The number of anilines is 1. The first kappa shape index (κ1) is 18.6. The number of benzene rings is 3. The molecule has 0 fully saturated rings. The van der Waals surface area contributed by atoms with Crippen LogP contribution in [-0.2, 0) is 11.3 Å². The van der Waals surface area contributed by atoms with Crippen LogP contribution in [0.4, 0.5) is 10.5 Å². The van der Waals surface area contributed by atoms with Gasteiger partial charge in [-0.15, -0.1) is 0 Å². The third kappa shape index (κ3) is 3.52. The highest BCUT2D eigenvalue weighted by molar-refractivity contribution is 6.05. The van der Waals surface area contributed by atoms with Gasteiger partial charge in [0.1, 0.15) is 11.8 Å². The highest BCUT2D eigenvalue weighted by Gasteiger charge is 2.34. The zero-order valence-electron chi connectivity index (χ0n) is 15.8. The normalized spacial score (nSPS) is 15.1. The minimum Gasteiger partial charge on any atom is -0.497 e. The minimum absolute atomic E-state index is 0.311. The Bertz CT molecular complexity index is 1060. The van der Waals surface area contributed by atoms with Crippen LogP contribution in [0.5, 0.6) is 5.75 Å². The summed E-state index contributed by atoms with van der Waals surface area (Å²) < 4.78 is 5.20. The van der Waals surface area contributed by atoms with E-state index in [1.165, 1.54) is 0 Å². The molecule has 0 radical (unpaired) electrons. The number of fused-ring (bicyclic) bond motifs is 3. The smallest absolute Gasteiger partial charge is 0.405 e. The Morgan fingerprint density at radius 3 is 2.34 bits per heavy atom. The second kappa shape index (κ2) is 7.67. The molecule has 1 heterocycles. The fourth-order valence-corrected chi connectivity index (χ4v) is 3.68. The maximum absolute atomic E-state index is 13.5. The van der Waals surface area contributed by atoms with E-state index < -0.39 is 12.1 Å². The van der Waals surface area contributed by atoms with Crippen LogP contribution >= 0.6 is 0 Å². The molecule has 0 aliphatic carbocycles. The summed E-state index contributed by atoms with van der Waals surface area (Å²) in [7, 11) is 1.60. The molecule has 3 aromatic rings. The molecule has 146 valence electrons. The second-order valence-electron chi connectivity index (χ2n) is 6.76. The van der Waals surface area contributed by atoms with Gasteiger partial charge in [0.2, 0.25) is 0 Å². The lowest BCUT2D eigenvalue weighted by Crippen LogP contribution is -2.41. The lowest BCUT2D eigenvalue weighted by molar-refractivity contribution is -0.120. The number of ether oxygens (including phenoxy) is 1. The first-order chi connectivity index (χ1) is 14.1. The average molecular weight is 388 g/mol. The standard InChI is InChI=1S/C23H20N2O4/c1-29-16-12-10-15(11-13-16)14-25-20-9-5-4-7-18(20)17-6-2-3-8-19(17)21(22(25)26)24-23(27)28/h2-13,21,24H,14H2,1H3,(H,27,28)/t21-/m1/s1. The second-order valence-corrected chi connectivity index (χ2v) is 6.76. The van der Waals surface area contributed by atoms with Crippen molar-refractivity contribution in [3.8, 4) is 16.9 Å². The maximum atomic E-state index is 13.5. The molecule has 6 heteroatoms. The van der Waals surface area contributed by atoms with Crippen molar-refractivity contribution in [1.82, 2.24) is 5.32 Å². The van der Waals surface area contributed by atoms with Crippen molar-refractivity contribution in [2.45, 2.75) is 12.6 Å². The van der Waals surface area contributed by atoms with Gasteiger partial charge in [-0.25, -0.2) is 4.79 Å². The number of rotatable bonds is 4. The summed E-state index contributed by atoms with van der Waals surface area (Å²) >= 11 is 0. The van der Waals surface area contributed by atoms with Gasteiger partial charge in [0.25, 0.3) is 5.91 Å². The van der Waals surface area contributed by atoms with Gasteiger partial charge in [0.05, 0.1) is 19.3 Å². The summed E-state index contributed by atoms with van der Waals surface area (Å²) in [6, 6.07) is 21.5. The molecule has 2 amide bonds. The van der Waals surface area contributed by atoms with Gasteiger partial charge < -0.3 is 20.1 Å². The molecular weight excluding hydrogens is 368 g/mol. The molecule has 0 saturated heterocycles.